The standard InChI is InChI=1S/C19H28N4O2.HI/c1-4-20-19(22-12-13-24-5-2)21-11-10-17-14-25-18(23-17)16-8-6-15(3)7-9-16;/h6-9,14H,4-5,10-13H2,1-3H3,(H2,20,21,22);1H. The van der Waals surface area contributed by atoms with Crippen molar-refractivity contribution in [2.24, 2.45) is 4.99 Å². The van der Waals surface area contributed by atoms with Gasteiger partial charge < -0.3 is 19.8 Å². The number of rotatable bonds is 9. The van der Waals surface area contributed by atoms with Gasteiger partial charge in [-0.05, 0) is 32.9 Å². The van der Waals surface area contributed by atoms with E-state index in [9.17, 15) is 0 Å². The van der Waals surface area contributed by atoms with E-state index in [2.05, 4.69) is 39.7 Å². The van der Waals surface area contributed by atoms with Crippen molar-refractivity contribution in [3.63, 3.8) is 0 Å². The lowest BCUT2D eigenvalue weighted by atomic mass is 10.1. The Morgan fingerprint density at radius 2 is 1.96 bits per heavy atom. The number of aryl methyl sites for hydroxylation is 1. The normalized spacial score (nSPS) is 11.1. The molecule has 1 aromatic heterocycles. The summed E-state index contributed by atoms with van der Waals surface area (Å²) in [5.41, 5.74) is 3.14. The maximum absolute atomic E-state index is 5.59. The van der Waals surface area contributed by atoms with E-state index in [0.717, 1.165) is 43.3 Å². The molecule has 0 fully saturated rings. The number of oxazole rings is 1. The van der Waals surface area contributed by atoms with Crippen LogP contribution < -0.4 is 10.6 Å². The number of aromatic nitrogens is 1. The van der Waals surface area contributed by atoms with Gasteiger partial charge >= 0.3 is 0 Å². The molecule has 0 atom stereocenters. The molecular weight excluding hydrogens is 443 g/mol. The first-order chi connectivity index (χ1) is 12.2. The van der Waals surface area contributed by atoms with Crippen LogP contribution in [0.1, 0.15) is 25.1 Å². The van der Waals surface area contributed by atoms with Gasteiger partial charge in [0.1, 0.15) is 6.26 Å². The van der Waals surface area contributed by atoms with Crippen LogP contribution in [0, 0.1) is 6.92 Å². The fraction of sp³-hybridized carbons (Fsp3) is 0.474. The summed E-state index contributed by atoms with van der Waals surface area (Å²) in [6, 6.07) is 8.17. The lowest BCUT2D eigenvalue weighted by Crippen LogP contribution is -2.38. The predicted molar refractivity (Wildman–Crippen MR) is 116 cm³/mol. The van der Waals surface area contributed by atoms with Crippen molar-refractivity contribution in [3.8, 4) is 11.5 Å². The van der Waals surface area contributed by atoms with Gasteiger partial charge in [0, 0.05) is 31.7 Å². The van der Waals surface area contributed by atoms with Crippen molar-refractivity contribution in [3.05, 3.63) is 41.8 Å². The maximum Gasteiger partial charge on any atom is 0.226 e. The third kappa shape index (κ3) is 7.74. The Balaban J connectivity index is 0.00000338. The molecule has 0 radical (unpaired) electrons. The van der Waals surface area contributed by atoms with E-state index in [4.69, 9.17) is 9.15 Å². The number of aliphatic imine (C=N–C) groups is 1. The highest BCUT2D eigenvalue weighted by Gasteiger charge is 2.06. The van der Waals surface area contributed by atoms with E-state index in [0.29, 0.717) is 19.0 Å². The highest BCUT2D eigenvalue weighted by Crippen LogP contribution is 2.19. The summed E-state index contributed by atoms with van der Waals surface area (Å²) in [4.78, 5) is 9.02. The molecular formula is C19H29IN4O2. The second-order valence-electron chi connectivity index (χ2n) is 5.64. The minimum atomic E-state index is 0. The topological polar surface area (TPSA) is 71.7 Å². The molecule has 2 N–H and O–H groups in total. The number of hydrogen-bond acceptors (Lipinski definition) is 4. The summed E-state index contributed by atoms with van der Waals surface area (Å²) < 4.78 is 10.9. The van der Waals surface area contributed by atoms with E-state index in [1.807, 2.05) is 26.0 Å². The second-order valence-corrected chi connectivity index (χ2v) is 5.64. The summed E-state index contributed by atoms with van der Waals surface area (Å²) in [6.07, 6.45) is 2.49. The van der Waals surface area contributed by atoms with Crippen LogP contribution in [-0.4, -0.2) is 43.8 Å². The van der Waals surface area contributed by atoms with E-state index in [1.165, 1.54) is 5.56 Å². The molecule has 0 saturated heterocycles. The average molecular weight is 472 g/mol. The summed E-state index contributed by atoms with van der Waals surface area (Å²) in [6.45, 7) is 9.65. The molecule has 7 heteroatoms. The Morgan fingerprint density at radius 1 is 1.19 bits per heavy atom. The van der Waals surface area contributed by atoms with Gasteiger partial charge in [0.2, 0.25) is 5.89 Å². The molecule has 0 bridgehead atoms. The largest absolute Gasteiger partial charge is 0.444 e. The zero-order valence-corrected chi connectivity index (χ0v) is 18.1. The lowest BCUT2D eigenvalue weighted by molar-refractivity contribution is 0.155. The third-order valence-corrected chi connectivity index (χ3v) is 3.58. The van der Waals surface area contributed by atoms with Crippen LogP contribution in [0.3, 0.4) is 0 Å². The predicted octanol–water partition coefficient (Wildman–Crippen LogP) is 3.40. The third-order valence-electron chi connectivity index (χ3n) is 3.58. The second kappa shape index (κ2) is 12.7. The van der Waals surface area contributed by atoms with Gasteiger partial charge in [0.25, 0.3) is 0 Å². The van der Waals surface area contributed by atoms with Crippen molar-refractivity contribution in [1.82, 2.24) is 15.6 Å². The van der Waals surface area contributed by atoms with Gasteiger partial charge in [-0.3, -0.25) is 4.99 Å². The minimum Gasteiger partial charge on any atom is -0.444 e. The molecule has 6 nitrogen and oxygen atoms in total. The maximum atomic E-state index is 5.59. The van der Waals surface area contributed by atoms with Crippen LogP contribution in [0.2, 0.25) is 0 Å². The van der Waals surface area contributed by atoms with E-state index < -0.39 is 0 Å². The Kier molecular flexibility index (Phi) is 11.0. The summed E-state index contributed by atoms with van der Waals surface area (Å²) in [5.74, 6) is 1.46. The number of halogens is 1. The van der Waals surface area contributed by atoms with E-state index in [-0.39, 0.29) is 24.0 Å². The number of ether oxygens (including phenoxy) is 1. The van der Waals surface area contributed by atoms with Crippen LogP contribution in [-0.2, 0) is 11.2 Å². The molecule has 26 heavy (non-hydrogen) atoms. The Bertz CT molecular complexity index is 656. The smallest absolute Gasteiger partial charge is 0.226 e. The molecule has 0 amide bonds. The highest BCUT2D eigenvalue weighted by molar-refractivity contribution is 14.0. The molecule has 2 rings (SSSR count). The number of nitrogens with one attached hydrogen (secondary N) is 2. The molecule has 1 aromatic carbocycles. The van der Waals surface area contributed by atoms with Crippen LogP contribution >= 0.6 is 24.0 Å². The Hall–Kier alpha value is -1.61. The Labute approximate surface area is 172 Å². The van der Waals surface area contributed by atoms with Crippen LogP contribution in [0.15, 0.2) is 39.9 Å². The average Bonchev–Trinajstić information content (AvgIpc) is 3.08. The fourth-order valence-electron chi connectivity index (χ4n) is 2.27. The van der Waals surface area contributed by atoms with Gasteiger partial charge in [-0.2, -0.15) is 0 Å². The molecule has 0 spiro atoms. The van der Waals surface area contributed by atoms with Gasteiger partial charge in [0.15, 0.2) is 5.96 Å². The summed E-state index contributed by atoms with van der Waals surface area (Å²) >= 11 is 0. The monoisotopic (exact) mass is 472 g/mol. The van der Waals surface area contributed by atoms with Gasteiger partial charge in [-0.25, -0.2) is 4.98 Å². The lowest BCUT2D eigenvalue weighted by Gasteiger charge is -2.10. The van der Waals surface area contributed by atoms with Crippen LogP contribution in [0.4, 0.5) is 0 Å². The van der Waals surface area contributed by atoms with Crippen LogP contribution in [0.5, 0.6) is 0 Å². The SMILES string of the molecule is CCNC(=NCCOCC)NCCc1coc(-c2ccc(C)cc2)n1.I. The number of hydrogen-bond donors (Lipinski definition) is 2. The van der Waals surface area contributed by atoms with Crippen molar-refractivity contribution in [2.75, 3.05) is 32.8 Å². The number of nitrogens with zero attached hydrogens (tertiary/aromatic N) is 2. The minimum absolute atomic E-state index is 0. The zero-order valence-electron chi connectivity index (χ0n) is 15.7. The van der Waals surface area contributed by atoms with Crippen molar-refractivity contribution < 1.29 is 9.15 Å². The number of guanidine groups is 1. The fourth-order valence-corrected chi connectivity index (χ4v) is 2.27. The summed E-state index contributed by atoms with van der Waals surface area (Å²) in [5, 5.41) is 6.53. The van der Waals surface area contributed by atoms with Crippen molar-refractivity contribution in [1.29, 1.82) is 0 Å². The van der Waals surface area contributed by atoms with Gasteiger partial charge in [-0.15, -0.1) is 24.0 Å². The molecule has 2 aromatic rings. The van der Waals surface area contributed by atoms with Gasteiger partial charge in [-0.1, -0.05) is 17.7 Å². The molecule has 1 heterocycles. The van der Waals surface area contributed by atoms with E-state index >= 15 is 0 Å². The Morgan fingerprint density at radius 3 is 2.65 bits per heavy atom. The van der Waals surface area contributed by atoms with E-state index in [1.54, 1.807) is 6.26 Å². The molecule has 0 aliphatic rings. The molecule has 0 aliphatic carbocycles. The van der Waals surface area contributed by atoms with Crippen LogP contribution in [0.25, 0.3) is 11.5 Å². The van der Waals surface area contributed by atoms with Crippen molar-refractivity contribution in [2.45, 2.75) is 27.2 Å². The highest BCUT2D eigenvalue weighted by atomic mass is 127. The number of benzene rings is 1. The van der Waals surface area contributed by atoms with Crippen molar-refractivity contribution >= 4 is 29.9 Å². The first kappa shape index (κ1) is 22.4. The zero-order chi connectivity index (χ0) is 17.9. The molecule has 0 aliphatic heterocycles. The first-order valence-electron chi connectivity index (χ1n) is 8.84. The van der Waals surface area contributed by atoms with Gasteiger partial charge in [0.05, 0.1) is 18.8 Å². The molecule has 0 unspecified atom stereocenters. The summed E-state index contributed by atoms with van der Waals surface area (Å²) in [7, 11) is 0. The molecule has 144 valence electrons. The quantitative estimate of drug-likeness (QED) is 0.253. The first-order valence-corrected chi connectivity index (χ1v) is 8.84. The molecule has 0 saturated carbocycles.